The van der Waals surface area contributed by atoms with Gasteiger partial charge in [-0.25, -0.2) is 0 Å². The zero-order chi connectivity index (χ0) is 13.2. The van der Waals surface area contributed by atoms with E-state index < -0.39 is 0 Å². The Morgan fingerprint density at radius 3 is 2.63 bits per heavy atom. The van der Waals surface area contributed by atoms with E-state index in [2.05, 4.69) is 22.1 Å². The molecule has 19 heavy (non-hydrogen) atoms. The number of hydrogen-bond acceptors (Lipinski definition) is 4. The van der Waals surface area contributed by atoms with Gasteiger partial charge in [0.2, 0.25) is 0 Å². The second kappa shape index (κ2) is 5.61. The number of fused-ring (bicyclic) bond motifs is 1. The second-order valence-corrected chi connectivity index (χ2v) is 7.10. The first kappa shape index (κ1) is 13.1. The third-order valence-corrected chi connectivity index (χ3v) is 5.93. The Morgan fingerprint density at radius 1 is 1.21 bits per heavy atom. The fraction of sp³-hybridized carbons (Fsp3) is 0.500. The van der Waals surface area contributed by atoms with Crippen molar-refractivity contribution in [3.05, 3.63) is 22.4 Å². The Bertz CT molecular complexity index is 538. The minimum Gasteiger partial charge on any atom is -0.349 e. The van der Waals surface area contributed by atoms with Crippen molar-refractivity contribution in [1.82, 2.24) is 10.6 Å². The Hall–Kier alpha value is -0.910. The van der Waals surface area contributed by atoms with Gasteiger partial charge in [-0.05, 0) is 50.2 Å². The van der Waals surface area contributed by atoms with Crippen molar-refractivity contribution in [3.8, 4) is 0 Å². The Kier molecular flexibility index (Phi) is 3.86. The number of amides is 1. The predicted molar refractivity (Wildman–Crippen MR) is 82.3 cm³/mol. The highest BCUT2D eigenvalue weighted by atomic mass is 32.1. The van der Waals surface area contributed by atoms with Crippen LogP contribution >= 0.6 is 22.7 Å². The summed E-state index contributed by atoms with van der Waals surface area (Å²) >= 11 is 3.29. The van der Waals surface area contributed by atoms with Crippen LogP contribution in [0.4, 0.5) is 0 Å². The van der Waals surface area contributed by atoms with Gasteiger partial charge in [0.1, 0.15) is 0 Å². The highest BCUT2D eigenvalue weighted by molar-refractivity contribution is 7.27. The van der Waals surface area contributed by atoms with Crippen molar-refractivity contribution in [2.45, 2.75) is 37.8 Å². The second-order valence-electron chi connectivity index (χ2n) is 5.07. The molecule has 1 aliphatic rings. The molecule has 3 nitrogen and oxygen atoms in total. The first-order valence-corrected chi connectivity index (χ1v) is 8.41. The lowest BCUT2D eigenvalue weighted by Crippen LogP contribution is -2.41. The maximum Gasteiger partial charge on any atom is 0.261 e. The molecule has 0 saturated heterocycles. The van der Waals surface area contributed by atoms with Crippen LogP contribution in [0.3, 0.4) is 0 Å². The first-order chi connectivity index (χ1) is 9.26. The molecule has 1 fully saturated rings. The molecule has 1 amide bonds. The van der Waals surface area contributed by atoms with Crippen molar-refractivity contribution in [2.24, 2.45) is 0 Å². The monoisotopic (exact) mass is 294 g/mol. The van der Waals surface area contributed by atoms with Crippen molar-refractivity contribution >= 4 is 38.0 Å². The van der Waals surface area contributed by atoms with Gasteiger partial charge in [0.05, 0.1) is 4.88 Å². The van der Waals surface area contributed by atoms with E-state index in [1.807, 2.05) is 13.1 Å². The molecule has 2 aromatic heterocycles. The fourth-order valence-corrected chi connectivity index (χ4v) is 4.67. The van der Waals surface area contributed by atoms with E-state index in [0.29, 0.717) is 12.1 Å². The summed E-state index contributed by atoms with van der Waals surface area (Å²) in [5, 5.41) is 8.56. The van der Waals surface area contributed by atoms with Crippen LogP contribution in [0.15, 0.2) is 17.5 Å². The molecule has 0 atom stereocenters. The molecule has 1 aliphatic carbocycles. The van der Waals surface area contributed by atoms with Crippen molar-refractivity contribution in [3.63, 3.8) is 0 Å². The summed E-state index contributed by atoms with van der Waals surface area (Å²) in [6, 6.07) is 5.07. The van der Waals surface area contributed by atoms with Gasteiger partial charge in [-0.15, -0.1) is 22.7 Å². The van der Waals surface area contributed by atoms with Crippen LogP contribution in [0.1, 0.15) is 35.4 Å². The maximum absolute atomic E-state index is 12.2. The van der Waals surface area contributed by atoms with Gasteiger partial charge in [-0.2, -0.15) is 0 Å². The number of carbonyl (C=O) groups excluding carboxylic acids is 1. The number of nitrogens with one attached hydrogen (secondary N) is 2. The molecule has 2 heterocycles. The van der Waals surface area contributed by atoms with Crippen LogP contribution in [0.5, 0.6) is 0 Å². The average Bonchev–Trinajstić information content (AvgIpc) is 3.00. The van der Waals surface area contributed by atoms with Crippen molar-refractivity contribution < 1.29 is 4.79 Å². The summed E-state index contributed by atoms with van der Waals surface area (Å²) in [5.74, 6) is 0.0984. The molecule has 102 valence electrons. The van der Waals surface area contributed by atoms with E-state index in [9.17, 15) is 4.79 Å². The number of carbonyl (C=O) groups is 1. The third kappa shape index (κ3) is 2.83. The van der Waals surface area contributed by atoms with E-state index >= 15 is 0 Å². The minimum atomic E-state index is 0.0984. The van der Waals surface area contributed by atoms with Gasteiger partial charge in [0.15, 0.2) is 0 Å². The molecule has 0 aromatic carbocycles. The van der Waals surface area contributed by atoms with E-state index in [0.717, 1.165) is 30.6 Å². The third-order valence-electron chi connectivity index (χ3n) is 3.83. The molecular formula is C14H18N2OS2. The largest absolute Gasteiger partial charge is 0.349 e. The van der Waals surface area contributed by atoms with E-state index in [1.165, 1.54) is 9.40 Å². The number of thiophene rings is 2. The lowest BCUT2D eigenvalue weighted by Gasteiger charge is -2.28. The van der Waals surface area contributed by atoms with Crippen LogP contribution in [0.25, 0.3) is 9.40 Å². The minimum absolute atomic E-state index is 0.0984. The number of rotatable bonds is 3. The van der Waals surface area contributed by atoms with Gasteiger partial charge >= 0.3 is 0 Å². The lowest BCUT2D eigenvalue weighted by molar-refractivity contribution is 0.0929. The summed E-state index contributed by atoms with van der Waals surface area (Å²) in [6.45, 7) is 0. The SMILES string of the molecule is CNC1CCC(NC(=O)c2cc3sccc3s2)CC1. The quantitative estimate of drug-likeness (QED) is 0.912. The average molecular weight is 294 g/mol. The normalized spacial score (nSPS) is 23.6. The highest BCUT2D eigenvalue weighted by Gasteiger charge is 2.22. The Balaban J connectivity index is 1.61. The van der Waals surface area contributed by atoms with Gasteiger partial charge in [-0.3, -0.25) is 4.79 Å². The summed E-state index contributed by atoms with van der Waals surface area (Å²) in [4.78, 5) is 13.1. The molecule has 5 heteroatoms. The maximum atomic E-state index is 12.2. The van der Waals surface area contributed by atoms with Gasteiger partial charge in [0, 0.05) is 21.5 Å². The van der Waals surface area contributed by atoms with E-state index in [4.69, 9.17) is 0 Å². The van der Waals surface area contributed by atoms with Crippen LogP contribution in [0.2, 0.25) is 0 Å². The zero-order valence-corrected chi connectivity index (χ0v) is 12.6. The molecule has 2 N–H and O–H groups in total. The molecule has 1 saturated carbocycles. The topological polar surface area (TPSA) is 41.1 Å². The van der Waals surface area contributed by atoms with Crippen LogP contribution in [-0.2, 0) is 0 Å². The first-order valence-electron chi connectivity index (χ1n) is 6.71. The molecule has 2 aromatic rings. The predicted octanol–water partition coefficient (Wildman–Crippen LogP) is 3.22. The van der Waals surface area contributed by atoms with E-state index in [1.54, 1.807) is 22.7 Å². The zero-order valence-electron chi connectivity index (χ0n) is 10.9. The summed E-state index contributed by atoms with van der Waals surface area (Å²) in [7, 11) is 2.02. The van der Waals surface area contributed by atoms with Gasteiger partial charge in [-0.1, -0.05) is 0 Å². The standard InChI is InChI=1S/C14H18N2OS2/c1-15-9-2-4-10(5-3-9)16-14(17)13-8-12-11(19-13)6-7-18-12/h6-10,15H,2-5H2,1H3,(H,16,17). The molecular weight excluding hydrogens is 276 g/mol. The van der Waals surface area contributed by atoms with Crippen LogP contribution in [0, 0.1) is 0 Å². The molecule has 0 aliphatic heterocycles. The van der Waals surface area contributed by atoms with E-state index in [-0.39, 0.29) is 5.91 Å². The summed E-state index contributed by atoms with van der Waals surface area (Å²) in [5.41, 5.74) is 0. The van der Waals surface area contributed by atoms with Gasteiger partial charge in [0.25, 0.3) is 5.91 Å². The lowest BCUT2D eigenvalue weighted by atomic mass is 9.91. The number of hydrogen-bond donors (Lipinski definition) is 2. The van der Waals surface area contributed by atoms with Crippen molar-refractivity contribution in [2.75, 3.05) is 7.05 Å². The van der Waals surface area contributed by atoms with Crippen LogP contribution < -0.4 is 10.6 Å². The molecule has 0 radical (unpaired) electrons. The fourth-order valence-electron chi connectivity index (χ4n) is 2.66. The molecule has 0 spiro atoms. The van der Waals surface area contributed by atoms with Gasteiger partial charge < -0.3 is 10.6 Å². The highest BCUT2D eigenvalue weighted by Crippen LogP contribution is 2.30. The summed E-state index contributed by atoms with van der Waals surface area (Å²) in [6.07, 6.45) is 4.47. The molecule has 3 rings (SSSR count). The van der Waals surface area contributed by atoms with Crippen LogP contribution in [-0.4, -0.2) is 25.0 Å². The summed E-state index contributed by atoms with van der Waals surface area (Å²) < 4.78 is 2.43. The van der Waals surface area contributed by atoms with Crippen molar-refractivity contribution in [1.29, 1.82) is 0 Å². The molecule has 0 bridgehead atoms. The Labute approximate surface area is 121 Å². The Morgan fingerprint density at radius 2 is 1.95 bits per heavy atom. The molecule has 0 unspecified atom stereocenters. The smallest absolute Gasteiger partial charge is 0.261 e.